The van der Waals surface area contributed by atoms with Crippen molar-refractivity contribution in [3.63, 3.8) is 0 Å². The molecule has 3 heteroatoms. The van der Waals surface area contributed by atoms with Crippen LogP contribution in [0.25, 0.3) is 0 Å². The summed E-state index contributed by atoms with van der Waals surface area (Å²) in [5.74, 6) is 4.89. The fourth-order valence-electron chi connectivity index (χ4n) is 2.64. The highest BCUT2D eigenvalue weighted by Gasteiger charge is 2.22. The highest BCUT2D eigenvalue weighted by atomic mass is 32.2. The third kappa shape index (κ3) is 3.78. The molecular formula is C14H23NOS. The van der Waals surface area contributed by atoms with Gasteiger partial charge >= 0.3 is 0 Å². The standard InChI is InChI=1S/C14H23NOS/c1-11-4-3-5-12(11)8-15-9-13-6-7-14(16-13)10-17-2/h6-7,11-12,15H,3-5,8-10H2,1-2H3. The zero-order valence-electron chi connectivity index (χ0n) is 10.9. The Labute approximate surface area is 109 Å². The fourth-order valence-corrected chi connectivity index (χ4v) is 3.08. The van der Waals surface area contributed by atoms with E-state index in [0.717, 1.165) is 42.2 Å². The molecule has 0 aliphatic heterocycles. The van der Waals surface area contributed by atoms with Crippen molar-refractivity contribution in [3.8, 4) is 0 Å². The summed E-state index contributed by atoms with van der Waals surface area (Å²) in [5, 5.41) is 3.53. The molecule has 1 aliphatic rings. The van der Waals surface area contributed by atoms with Crippen molar-refractivity contribution in [2.45, 2.75) is 38.5 Å². The molecule has 1 saturated carbocycles. The zero-order chi connectivity index (χ0) is 12.1. The van der Waals surface area contributed by atoms with Crippen LogP contribution in [0.5, 0.6) is 0 Å². The molecule has 0 spiro atoms. The van der Waals surface area contributed by atoms with Gasteiger partial charge in [-0.05, 0) is 43.2 Å². The first-order chi connectivity index (χ1) is 8.29. The predicted molar refractivity (Wildman–Crippen MR) is 74.1 cm³/mol. The fraction of sp³-hybridized carbons (Fsp3) is 0.714. The normalized spacial score (nSPS) is 24.4. The Morgan fingerprint density at radius 2 is 2.18 bits per heavy atom. The van der Waals surface area contributed by atoms with Crippen molar-refractivity contribution in [1.82, 2.24) is 5.32 Å². The summed E-state index contributed by atoms with van der Waals surface area (Å²) in [4.78, 5) is 0. The van der Waals surface area contributed by atoms with Gasteiger partial charge in [0.15, 0.2) is 0 Å². The summed E-state index contributed by atoms with van der Waals surface area (Å²) < 4.78 is 5.73. The molecule has 96 valence electrons. The number of furan rings is 1. The molecule has 1 fully saturated rings. The molecule has 2 unspecified atom stereocenters. The Bertz CT molecular complexity index is 337. The van der Waals surface area contributed by atoms with E-state index < -0.39 is 0 Å². The van der Waals surface area contributed by atoms with Crippen molar-refractivity contribution >= 4 is 11.8 Å². The van der Waals surface area contributed by atoms with E-state index in [1.54, 1.807) is 11.8 Å². The van der Waals surface area contributed by atoms with Gasteiger partial charge in [0.1, 0.15) is 11.5 Å². The molecule has 0 radical (unpaired) electrons. The van der Waals surface area contributed by atoms with E-state index in [1.165, 1.54) is 19.3 Å². The Morgan fingerprint density at radius 3 is 2.88 bits per heavy atom. The van der Waals surface area contributed by atoms with E-state index in [9.17, 15) is 0 Å². The molecule has 1 aromatic rings. The molecule has 1 aromatic heterocycles. The van der Waals surface area contributed by atoms with Crippen molar-refractivity contribution in [2.75, 3.05) is 12.8 Å². The second kappa shape index (κ2) is 6.50. The Balaban J connectivity index is 1.70. The minimum atomic E-state index is 0.871. The van der Waals surface area contributed by atoms with Gasteiger partial charge in [-0.25, -0.2) is 0 Å². The molecule has 2 rings (SSSR count). The summed E-state index contributed by atoms with van der Waals surface area (Å²) in [5.41, 5.74) is 0. The molecular weight excluding hydrogens is 230 g/mol. The van der Waals surface area contributed by atoms with Gasteiger partial charge in [0.2, 0.25) is 0 Å². The molecule has 1 N–H and O–H groups in total. The largest absolute Gasteiger partial charge is 0.464 e. The third-order valence-electron chi connectivity index (χ3n) is 3.75. The van der Waals surface area contributed by atoms with Crippen LogP contribution in [0.15, 0.2) is 16.5 Å². The van der Waals surface area contributed by atoms with Crippen LogP contribution in [0.4, 0.5) is 0 Å². The van der Waals surface area contributed by atoms with Crippen molar-refractivity contribution in [1.29, 1.82) is 0 Å². The van der Waals surface area contributed by atoms with Gasteiger partial charge in [0.25, 0.3) is 0 Å². The summed E-state index contributed by atoms with van der Waals surface area (Å²) in [6, 6.07) is 4.18. The van der Waals surface area contributed by atoms with E-state index in [1.807, 2.05) is 0 Å². The third-order valence-corrected chi connectivity index (χ3v) is 4.32. The van der Waals surface area contributed by atoms with Crippen LogP contribution in [-0.2, 0) is 12.3 Å². The van der Waals surface area contributed by atoms with Crippen molar-refractivity contribution in [2.24, 2.45) is 11.8 Å². The second-order valence-electron chi connectivity index (χ2n) is 5.10. The Morgan fingerprint density at radius 1 is 1.35 bits per heavy atom. The molecule has 0 bridgehead atoms. The molecule has 1 heterocycles. The number of rotatable bonds is 6. The van der Waals surface area contributed by atoms with E-state index in [0.29, 0.717) is 0 Å². The molecule has 2 nitrogen and oxygen atoms in total. The molecule has 0 saturated heterocycles. The average molecular weight is 253 g/mol. The first kappa shape index (κ1) is 13.0. The lowest BCUT2D eigenvalue weighted by Gasteiger charge is -2.15. The zero-order valence-corrected chi connectivity index (χ0v) is 11.7. The molecule has 17 heavy (non-hydrogen) atoms. The maximum atomic E-state index is 5.73. The SMILES string of the molecule is CSCc1ccc(CNCC2CCCC2C)o1. The van der Waals surface area contributed by atoms with Crippen LogP contribution >= 0.6 is 11.8 Å². The number of hydrogen-bond donors (Lipinski definition) is 1. The van der Waals surface area contributed by atoms with Crippen LogP contribution in [0.2, 0.25) is 0 Å². The van der Waals surface area contributed by atoms with Crippen molar-refractivity contribution in [3.05, 3.63) is 23.7 Å². The first-order valence-electron chi connectivity index (χ1n) is 6.57. The number of thioether (sulfide) groups is 1. The highest BCUT2D eigenvalue weighted by molar-refractivity contribution is 7.97. The highest BCUT2D eigenvalue weighted by Crippen LogP contribution is 2.30. The van der Waals surface area contributed by atoms with Gasteiger partial charge in [0.05, 0.1) is 12.3 Å². The smallest absolute Gasteiger partial charge is 0.117 e. The average Bonchev–Trinajstić information content (AvgIpc) is 2.90. The lowest BCUT2D eigenvalue weighted by molar-refractivity contribution is 0.377. The van der Waals surface area contributed by atoms with Crippen LogP contribution in [0.3, 0.4) is 0 Å². The van der Waals surface area contributed by atoms with Gasteiger partial charge in [-0.1, -0.05) is 19.8 Å². The van der Waals surface area contributed by atoms with Gasteiger partial charge in [-0.3, -0.25) is 0 Å². The Kier molecular flexibility index (Phi) is 4.99. The first-order valence-corrected chi connectivity index (χ1v) is 7.96. The molecule has 2 atom stereocenters. The monoisotopic (exact) mass is 253 g/mol. The topological polar surface area (TPSA) is 25.2 Å². The summed E-state index contributed by atoms with van der Waals surface area (Å²) in [6.45, 7) is 4.39. The maximum absolute atomic E-state index is 5.73. The Hall–Kier alpha value is -0.410. The van der Waals surface area contributed by atoms with Gasteiger partial charge in [0, 0.05) is 0 Å². The minimum Gasteiger partial charge on any atom is -0.464 e. The van der Waals surface area contributed by atoms with Gasteiger partial charge < -0.3 is 9.73 Å². The van der Waals surface area contributed by atoms with Crippen LogP contribution in [0, 0.1) is 11.8 Å². The van der Waals surface area contributed by atoms with Crippen LogP contribution in [-0.4, -0.2) is 12.8 Å². The molecule has 0 aromatic carbocycles. The summed E-state index contributed by atoms with van der Waals surface area (Å²) >= 11 is 1.80. The predicted octanol–water partition coefficient (Wildman–Crippen LogP) is 3.67. The number of nitrogens with one attached hydrogen (secondary N) is 1. The number of hydrogen-bond acceptors (Lipinski definition) is 3. The molecule has 0 amide bonds. The van der Waals surface area contributed by atoms with Crippen molar-refractivity contribution < 1.29 is 4.42 Å². The maximum Gasteiger partial charge on any atom is 0.117 e. The van der Waals surface area contributed by atoms with Gasteiger partial charge in [-0.2, -0.15) is 11.8 Å². The summed E-state index contributed by atoms with van der Waals surface area (Å²) in [7, 11) is 0. The van der Waals surface area contributed by atoms with E-state index in [-0.39, 0.29) is 0 Å². The lowest BCUT2D eigenvalue weighted by Crippen LogP contribution is -2.23. The lowest BCUT2D eigenvalue weighted by atomic mass is 9.98. The minimum absolute atomic E-state index is 0.871. The van der Waals surface area contributed by atoms with E-state index in [4.69, 9.17) is 4.42 Å². The van der Waals surface area contributed by atoms with E-state index >= 15 is 0 Å². The quantitative estimate of drug-likeness (QED) is 0.837. The van der Waals surface area contributed by atoms with Gasteiger partial charge in [-0.15, -0.1) is 0 Å². The van der Waals surface area contributed by atoms with Crippen LogP contribution in [0.1, 0.15) is 37.7 Å². The van der Waals surface area contributed by atoms with E-state index in [2.05, 4.69) is 30.6 Å². The molecule has 1 aliphatic carbocycles. The van der Waals surface area contributed by atoms with Crippen LogP contribution < -0.4 is 5.32 Å². The second-order valence-corrected chi connectivity index (χ2v) is 5.97. The summed E-state index contributed by atoms with van der Waals surface area (Å²) in [6.07, 6.45) is 6.31.